The predicted molar refractivity (Wildman–Crippen MR) is 103 cm³/mol. The summed E-state index contributed by atoms with van der Waals surface area (Å²) in [6.45, 7) is 0. The van der Waals surface area contributed by atoms with E-state index < -0.39 is 23.7 Å². The monoisotopic (exact) mass is 461 g/mol. The van der Waals surface area contributed by atoms with Crippen LogP contribution in [-0.2, 0) is 18.7 Å². The summed E-state index contributed by atoms with van der Waals surface area (Å²) in [6.07, 6.45) is 1.38. The molecule has 29 heavy (non-hydrogen) atoms. The average Bonchev–Trinajstić information content (AvgIpc) is 3.01. The van der Waals surface area contributed by atoms with Crippen molar-refractivity contribution in [3.05, 3.63) is 59.8 Å². The molecule has 3 N–H and O–H groups in total. The zero-order valence-corrected chi connectivity index (χ0v) is 17.2. The normalized spacial score (nSPS) is 13.8. The first kappa shape index (κ1) is 21.4. The largest absolute Gasteiger partial charge is 0.494 e. The van der Waals surface area contributed by atoms with Gasteiger partial charge in [-0.3, -0.25) is 4.57 Å². The predicted octanol–water partition coefficient (Wildman–Crippen LogP) is 3.10. The molecule has 0 fully saturated rings. The maximum atomic E-state index is 14.1. The molecule has 0 spiro atoms. The highest BCUT2D eigenvalue weighted by Crippen LogP contribution is 2.37. The Morgan fingerprint density at radius 1 is 1.24 bits per heavy atom. The van der Waals surface area contributed by atoms with E-state index in [1.807, 2.05) is 0 Å². The molecule has 1 aromatic heterocycles. The maximum Gasteiger partial charge on any atom is 0.415 e. The lowest BCUT2D eigenvalue weighted by atomic mass is 10.1. The number of rotatable bonds is 6. The summed E-state index contributed by atoms with van der Waals surface area (Å²) in [7, 11) is -7.94. The van der Waals surface area contributed by atoms with Gasteiger partial charge in [0, 0.05) is 11.3 Å². The topological polar surface area (TPSA) is 134 Å². The Morgan fingerprint density at radius 2 is 1.90 bits per heavy atom. The summed E-state index contributed by atoms with van der Waals surface area (Å²) in [4.78, 5) is 12.6. The average molecular weight is 462 g/mol. The quantitative estimate of drug-likeness (QED) is 0.535. The van der Waals surface area contributed by atoms with Crippen molar-refractivity contribution in [1.82, 2.24) is 9.55 Å². The molecule has 3 rings (SSSR count). The van der Waals surface area contributed by atoms with E-state index in [0.29, 0.717) is 16.9 Å². The fourth-order valence-corrected chi connectivity index (χ4v) is 4.73. The lowest BCUT2D eigenvalue weighted by Crippen LogP contribution is -2.08. The van der Waals surface area contributed by atoms with E-state index in [1.54, 1.807) is 6.07 Å². The van der Waals surface area contributed by atoms with Gasteiger partial charge in [0.25, 0.3) is 0 Å². The first-order chi connectivity index (χ1) is 13.5. The van der Waals surface area contributed by atoms with Gasteiger partial charge >= 0.3 is 17.9 Å². The Labute approximate surface area is 170 Å². The fourth-order valence-electron chi connectivity index (χ4n) is 2.55. The molecule has 0 aliphatic rings. The lowest BCUT2D eigenvalue weighted by molar-refractivity contribution is 0.378. The summed E-state index contributed by atoms with van der Waals surface area (Å²) < 4.78 is 59.5. The minimum atomic E-state index is -4.75. The van der Waals surface area contributed by atoms with Crippen LogP contribution in [0, 0.1) is 5.82 Å². The molecule has 0 amide bonds. The van der Waals surface area contributed by atoms with Crippen molar-refractivity contribution in [1.29, 1.82) is 0 Å². The molecule has 0 bridgehead atoms. The second-order valence-electron chi connectivity index (χ2n) is 5.69. The van der Waals surface area contributed by atoms with Gasteiger partial charge in [-0.1, -0.05) is 11.6 Å². The zero-order valence-electron chi connectivity index (χ0n) is 14.7. The summed E-state index contributed by atoms with van der Waals surface area (Å²) >= 11 is 6.16. The second-order valence-corrected chi connectivity index (χ2v) is 9.15. The molecule has 1 atom stereocenters. The third kappa shape index (κ3) is 4.67. The molecule has 1 heterocycles. The molecule has 154 valence electrons. The Morgan fingerprint density at radius 3 is 2.45 bits per heavy atom. The van der Waals surface area contributed by atoms with Crippen LogP contribution in [0.25, 0.3) is 16.9 Å². The van der Waals surface area contributed by atoms with E-state index >= 15 is 0 Å². The number of hydrogen-bond donors (Lipinski definition) is 2. The van der Waals surface area contributed by atoms with Crippen LogP contribution in [0.4, 0.5) is 4.39 Å². The number of ether oxygens (including phenoxy) is 1. The Bertz CT molecular complexity index is 1210. The van der Waals surface area contributed by atoms with Gasteiger partial charge in [-0.15, -0.1) is 0 Å². The minimum absolute atomic E-state index is 0.0616. The van der Waals surface area contributed by atoms with E-state index in [9.17, 15) is 17.4 Å². The number of aromatic nitrogens is 2. The van der Waals surface area contributed by atoms with Crippen molar-refractivity contribution in [2.24, 2.45) is 5.50 Å². The van der Waals surface area contributed by atoms with Gasteiger partial charge in [-0.2, -0.15) is 12.4 Å². The van der Waals surface area contributed by atoms with E-state index in [0.717, 1.165) is 12.1 Å². The van der Waals surface area contributed by atoms with E-state index in [-0.39, 0.29) is 15.8 Å². The molecule has 9 nitrogen and oxygen atoms in total. The van der Waals surface area contributed by atoms with Crippen LogP contribution in [0.1, 0.15) is 0 Å². The highest BCUT2D eigenvalue weighted by Gasteiger charge is 2.26. The maximum absolute atomic E-state index is 14.1. The smallest absolute Gasteiger partial charge is 0.415 e. The first-order valence-electron chi connectivity index (χ1n) is 7.76. The van der Waals surface area contributed by atoms with Crippen molar-refractivity contribution in [2.45, 2.75) is 4.90 Å². The SMILES string of the molecule is COc1ccc(-c2c(Cl)ncn2-c2ccc(S(=O)(=O)OP(N)(=O)O)cc2)cc1F. The third-order valence-corrected chi connectivity index (χ3v) is 6.52. The first-order valence-corrected chi connectivity index (χ1v) is 11.2. The highest BCUT2D eigenvalue weighted by atomic mass is 35.5. The number of hydrogen-bond acceptors (Lipinski definition) is 6. The molecule has 0 aliphatic heterocycles. The number of halogens is 2. The number of nitrogens with two attached hydrogens (primary N) is 1. The molecular formula is C16H14ClFN3O6PS. The minimum Gasteiger partial charge on any atom is -0.494 e. The van der Waals surface area contributed by atoms with Gasteiger partial charge in [0.05, 0.1) is 17.7 Å². The Kier molecular flexibility index (Phi) is 5.81. The van der Waals surface area contributed by atoms with Crippen molar-refractivity contribution >= 4 is 29.5 Å². The van der Waals surface area contributed by atoms with Crippen molar-refractivity contribution < 1.29 is 31.0 Å². The molecule has 3 aromatic rings. The van der Waals surface area contributed by atoms with E-state index in [2.05, 4.69) is 8.95 Å². The van der Waals surface area contributed by atoms with Gasteiger partial charge < -0.3 is 9.63 Å². The van der Waals surface area contributed by atoms with Crippen LogP contribution in [0.2, 0.25) is 5.15 Å². The summed E-state index contributed by atoms with van der Waals surface area (Å²) in [5.41, 5.74) is 5.96. The van der Waals surface area contributed by atoms with E-state index in [4.69, 9.17) is 26.7 Å². The van der Waals surface area contributed by atoms with Crippen LogP contribution < -0.4 is 10.2 Å². The van der Waals surface area contributed by atoms with Gasteiger partial charge in [-0.05, 0) is 42.5 Å². The molecular weight excluding hydrogens is 448 g/mol. The number of methoxy groups -OCH3 is 1. The fraction of sp³-hybridized carbons (Fsp3) is 0.0625. The molecule has 0 saturated heterocycles. The number of nitrogens with zero attached hydrogens (tertiary/aromatic N) is 2. The van der Waals surface area contributed by atoms with E-state index in [1.165, 1.54) is 42.3 Å². The van der Waals surface area contributed by atoms with Crippen LogP contribution >= 0.6 is 19.3 Å². The molecule has 0 saturated carbocycles. The van der Waals surface area contributed by atoms with Crippen molar-refractivity contribution in [3.63, 3.8) is 0 Å². The summed E-state index contributed by atoms with van der Waals surface area (Å²) in [5.74, 6) is -0.533. The van der Waals surface area contributed by atoms with Crippen LogP contribution in [0.15, 0.2) is 53.7 Å². The lowest BCUT2D eigenvalue weighted by Gasteiger charge is -2.11. The van der Waals surface area contributed by atoms with Crippen LogP contribution in [0.3, 0.4) is 0 Å². The summed E-state index contributed by atoms with van der Waals surface area (Å²) in [6, 6.07) is 9.32. The molecule has 2 aromatic carbocycles. The highest BCUT2D eigenvalue weighted by molar-refractivity contribution is 7.90. The second kappa shape index (κ2) is 7.86. The standard InChI is InChI=1S/C16H14ClFN3O6PS/c1-26-14-7-2-10(8-13(14)18)15-16(17)20-9-21(15)11-3-5-12(6-4-11)29(24,25)27-28(19,22)23/h2-9H,1H3,(H3,19,22,23). The van der Waals surface area contributed by atoms with Gasteiger partial charge in [0.2, 0.25) is 0 Å². The molecule has 0 aliphatic carbocycles. The number of benzene rings is 2. The molecule has 1 unspecified atom stereocenters. The van der Waals surface area contributed by atoms with Crippen LogP contribution in [0.5, 0.6) is 5.75 Å². The van der Waals surface area contributed by atoms with Crippen molar-refractivity contribution in [2.75, 3.05) is 7.11 Å². The molecule has 13 heteroatoms. The van der Waals surface area contributed by atoms with Crippen LogP contribution in [-0.4, -0.2) is 30.0 Å². The zero-order chi connectivity index (χ0) is 21.4. The van der Waals surface area contributed by atoms with Gasteiger partial charge in [0.15, 0.2) is 16.7 Å². The summed E-state index contributed by atoms with van der Waals surface area (Å²) in [5, 5.41) is 0.0962. The van der Waals surface area contributed by atoms with Gasteiger partial charge in [-0.25, -0.2) is 19.4 Å². The third-order valence-electron chi connectivity index (χ3n) is 3.76. The Hall–Kier alpha value is -2.27. The number of imidazole rings is 1. The molecule has 0 radical (unpaired) electrons. The Balaban J connectivity index is 2.01. The van der Waals surface area contributed by atoms with Crippen molar-refractivity contribution in [3.8, 4) is 22.7 Å². The van der Waals surface area contributed by atoms with Gasteiger partial charge in [0.1, 0.15) is 6.33 Å².